The van der Waals surface area contributed by atoms with Crippen molar-refractivity contribution in [1.82, 2.24) is 9.55 Å². The van der Waals surface area contributed by atoms with E-state index in [0.717, 1.165) is 40.6 Å². The lowest BCUT2D eigenvalue weighted by molar-refractivity contribution is 0.0953. The van der Waals surface area contributed by atoms with Crippen molar-refractivity contribution in [1.29, 1.82) is 0 Å². The largest absolute Gasteiger partial charge is 0.497 e. The number of aryl methyl sites for hydroxylation is 2. The number of ether oxygens (including phenoxy) is 1. The number of nitrogens with zero attached hydrogens (tertiary/aromatic N) is 1. The zero-order valence-electron chi connectivity index (χ0n) is 13.6. The molecule has 0 radical (unpaired) electrons. The first-order valence-electron chi connectivity index (χ1n) is 8.08. The highest BCUT2D eigenvalue weighted by Crippen LogP contribution is 2.33. The Morgan fingerprint density at radius 2 is 1.96 bits per heavy atom. The molecule has 1 aliphatic rings. The van der Waals surface area contributed by atoms with E-state index in [-0.39, 0.29) is 10.3 Å². The summed E-state index contributed by atoms with van der Waals surface area (Å²) < 4.78 is 6.31. The van der Waals surface area contributed by atoms with Crippen LogP contribution in [0, 0.1) is 4.77 Å². The van der Waals surface area contributed by atoms with Crippen LogP contribution in [0.25, 0.3) is 10.2 Å². The number of rotatable bonds is 2. The molecule has 5 nitrogen and oxygen atoms in total. The van der Waals surface area contributed by atoms with E-state index in [9.17, 15) is 9.59 Å². The zero-order chi connectivity index (χ0) is 17.6. The third-order valence-corrected chi connectivity index (χ3v) is 6.04. The number of fused-ring (bicyclic) bond motifs is 3. The quantitative estimate of drug-likeness (QED) is 0.697. The minimum Gasteiger partial charge on any atom is -0.497 e. The van der Waals surface area contributed by atoms with Gasteiger partial charge >= 0.3 is 0 Å². The predicted molar refractivity (Wildman–Crippen MR) is 101 cm³/mol. The van der Waals surface area contributed by atoms with Gasteiger partial charge in [0, 0.05) is 10.4 Å². The second kappa shape index (κ2) is 6.24. The fraction of sp³-hybridized carbons (Fsp3) is 0.278. The molecule has 0 amide bonds. The Bertz CT molecular complexity index is 1090. The summed E-state index contributed by atoms with van der Waals surface area (Å²) in [5, 5.41) is 0.621. The average Bonchev–Trinajstić information content (AvgIpc) is 2.99. The minimum atomic E-state index is -0.424. The smallest absolute Gasteiger partial charge is 0.270 e. The van der Waals surface area contributed by atoms with E-state index < -0.39 is 5.91 Å². The molecular formula is C18H16N2O3S2. The molecule has 3 aromatic rings. The van der Waals surface area contributed by atoms with Gasteiger partial charge in [-0.25, -0.2) is 4.57 Å². The van der Waals surface area contributed by atoms with Crippen molar-refractivity contribution in [3.05, 3.63) is 55.4 Å². The van der Waals surface area contributed by atoms with Crippen LogP contribution < -0.4 is 10.3 Å². The van der Waals surface area contributed by atoms with Crippen molar-refractivity contribution >= 4 is 39.7 Å². The molecule has 1 aliphatic carbocycles. The summed E-state index contributed by atoms with van der Waals surface area (Å²) in [5.41, 5.74) is 1.16. The van der Waals surface area contributed by atoms with Crippen LogP contribution in [-0.4, -0.2) is 22.6 Å². The van der Waals surface area contributed by atoms with Gasteiger partial charge in [0.25, 0.3) is 11.5 Å². The van der Waals surface area contributed by atoms with Crippen LogP contribution in [0.2, 0.25) is 0 Å². The van der Waals surface area contributed by atoms with Crippen LogP contribution >= 0.6 is 23.6 Å². The van der Waals surface area contributed by atoms with E-state index in [2.05, 4.69) is 4.98 Å². The number of carbonyl (C=O) groups is 1. The molecule has 2 aromatic heterocycles. The van der Waals surface area contributed by atoms with Crippen molar-refractivity contribution in [2.75, 3.05) is 7.11 Å². The molecule has 2 heterocycles. The van der Waals surface area contributed by atoms with Gasteiger partial charge in [-0.2, -0.15) is 0 Å². The van der Waals surface area contributed by atoms with Gasteiger partial charge < -0.3 is 9.72 Å². The third-order valence-electron chi connectivity index (χ3n) is 4.55. The van der Waals surface area contributed by atoms with E-state index in [4.69, 9.17) is 17.0 Å². The van der Waals surface area contributed by atoms with Gasteiger partial charge in [0.15, 0.2) is 4.77 Å². The summed E-state index contributed by atoms with van der Waals surface area (Å²) in [6, 6.07) is 6.65. The first-order valence-corrected chi connectivity index (χ1v) is 9.31. The first-order chi connectivity index (χ1) is 12.1. The Kier molecular flexibility index (Phi) is 4.05. The van der Waals surface area contributed by atoms with Crippen LogP contribution in [0.3, 0.4) is 0 Å². The minimum absolute atomic E-state index is 0.136. The second-order valence-corrected chi connectivity index (χ2v) is 7.51. The number of nitrogens with one attached hydrogen (secondary N) is 1. The molecule has 0 saturated heterocycles. The SMILES string of the molecule is COc1ccc(C(=O)n2c(=S)[nH]c3sc4c(c3c2=O)CCCC4)cc1. The predicted octanol–water partition coefficient (Wildman–Crippen LogP) is 3.70. The summed E-state index contributed by atoms with van der Waals surface area (Å²) in [6.07, 6.45) is 4.08. The maximum Gasteiger partial charge on any atom is 0.270 e. The zero-order valence-corrected chi connectivity index (χ0v) is 15.3. The monoisotopic (exact) mass is 372 g/mol. The Balaban J connectivity index is 1.90. The van der Waals surface area contributed by atoms with Gasteiger partial charge in [-0.15, -0.1) is 11.3 Å². The molecule has 25 heavy (non-hydrogen) atoms. The fourth-order valence-electron chi connectivity index (χ4n) is 3.28. The molecule has 0 bridgehead atoms. The lowest BCUT2D eigenvalue weighted by Crippen LogP contribution is -2.29. The highest BCUT2D eigenvalue weighted by Gasteiger charge is 2.22. The number of aromatic nitrogens is 2. The Labute approximate surface area is 152 Å². The normalized spacial score (nSPS) is 13.6. The number of thiophene rings is 1. The molecule has 0 spiro atoms. The molecule has 128 valence electrons. The standard InChI is InChI=1S/C18H16N2O3S2/c1-23-11-8-6-10(7-9-11)16(21)20-17(22)14-12-4-2-3-5-13(12)25-15(14)19-18(20)24/h6-9H,2-5H2,1H3,(H,19,24). The Hall–Kier alpha value is -2.25. The van der Waals surface area contributed by atoms with Crippen molar-refractivity contribution in [3.8, 4) is 5.75 Å². The Morgan fingerprint density at radius 1 is 1.24 bits per heavy atom. The summed E-state index contributed by atoms with van der Waals surface area (Å²) >= 11 is 6.89. The first kappa shape index (κ1) is 16.2. The summed E-state index contributed by atoms with van der Waals surface area (Å²) in [7, 11) is 1.56. The molecule has 7 heteroatoms. The van der Waals surface area contributed by atoms with Crippen LogP contribution in [-0.2, 0) is 12.8 Å². The maximum absolute atomic E-state index is 13.1. The summed E-state index contributed by atoms with van der Waals surface area (Å²) in [6.45, 7) is 0. The molecule has 1 N–H and O–H groups in total. The van der Waals surface area contributed by atoms with Crippen molar-refractivity contribution in [2.45, 2.75) is 25.7 Å². The number of H-pyrrole nitrogens is 1. The van der Waals surface area contributed by atoms with Gasteiger partial charge in [0.05, 0.1) is 12.5 Å². The highest BCUT2D eigenvalue weighted by atomic mass is 32.1. The van der Waals surface area contributed by atoms with Crippen LogP contribution in [0.5, 0.6) is 5.75 Å². The van der Waals surface area contributed by atoms with Crippen molar-refractivity contribution < 1.29 is 9.53 Å². The number of methoxy groups -OCH3 is 1. The van der Waals surface area contributed by atoms with Crippen molar-refractivity contribution in [2.24, 2.45) is 0 Å². The molecule has 0 atom stereocenters. The number of hydrogen-bond donors (Lipinski definition) is 1. The van der Waals surface area contributed by atoms with Crippen LogP contribution in [0.15, 0.2) is 29.1 Å². The maximum atomic E-state index is 13.1. The van der Waals surface area contributed by atoms with Crippen LogP contribution in [0.4, 0.5) is 0 Å². The molecule has 1 aromatic carbocycles. The second-order valence-electron chi connectivity index (χ2n) is 6.02. The number of carbonyl (C=O) groups excluding carboxylic acids is 1. The average molecular weight is 372 g/mol. The molecular weight excluding hydrogens is 356 g/mol. The van der Waals surface area contributed by atoms with Crippen LogP contribution in [0.1, 0.15) is 33.6 Å². The number of aromatic amines is 1. The van der Waals surface area contributed by atoms with Gasteiger partial charge in [-0.05, 0) is 67.7 Å². The van der Waals surface area contributed by atoms with E-state index >= 15 is 0 Å². The molecule has 4 rings (SSSR count). The summed E-state index contributed by atoms with van der Waals surface area (Å²) in [5.74, 6) is 0.225. The van der Waals surface area contributed by atoms with Gasteiger partial charge in [0.1, 0.15) is 10.6 Å². The van der Waals surface area contributed by atoms with Gasteiger partial charge in [-0.1, -0.05) is 0 Å². The lowest BCUT2D eigenvalue weighted by Gasteiger charge is -2.10. The van der Waals surface area contributed by atoms with E-state index in [1.807, 2.05) is 0 Å². The van der Waals surface area contributed by atoms with Gasteiger partial charge in [0.2, 0.25) is 0 Å². The topological polar surface area (TPSA) is 64.1 Å². The third kappa shape index (κ3) is 2.63. The van der Waals surface area contributed by atoms with Crippen molar-refractivity contribution in [3.63, 3.8) is 0 Å². The molecule has 0 unspecified atom stereocenters. The van der Waals surface area contributed by atoms with E-state index in [0.29, 0.717) is 16.7 Å². The number of hydrogen-bond acceptors (Lipinski definition) is 5. The molecule has 0 fully saturated rings. The molecule has 0 aliphatic heterocycles. The number of benzene rings is 1. The lowest BCUT2D eigenvalue weighted by atomic mass is 9.97. The highest BCUT2D eigenvalue weighted by molar-refractivity contribution is 7.71. The fourth-order valence-corrected chi connectivity index (χ4v) is 4.90. The Morgan fingerprint density at radius 3 is 2.68 bits per heavy atom. The summed E-state index contributed by atoms with van der Waals surface area (Å²) in [4.78, 5) is 31.0. The van der Waals surface area contributed by atoms with E-state index in [1.54, 1.807) is 42.7 Å². The van der Waals surface area contributed by atoms with E-state index in [1.165, 1.54) is 4.88 Å². The van der Waals surface area contributed by atoms with Gasteiger partial charge in [-0.3, -0.25) is 9.59 Å². The molecule has 0 saturated carbocycles.